The molecule has 0 bridgehead atoms. The molecule has 0 saturated carbocycles. The number of aromatic nitrogens is 4. The Hall–Kier alpha value is -2.71. The van der Waals surface area contributed by atoms with Crippen LogP contribution in [0.3, 0.4) is 0 Å². The van der Waals surface area contributed by atoms with Gasteiger partial charge in [0.2, 0.25) is 5.95 Å². The summed E-state index contributed by atoms with van der Waals surface area (Å²) in [4.78, 5) is 24.8. The maximum atomic E-state index is 12.4. The molecule has 4 rings (SSSR count). The molecule has 3 aromatic rings. The van der Waals surface area contributed by atoms with Gasteiger partial charge in [-0.3, -0.25) is 19.6 Å². The standard InChI is InChI=1S/C22H31N7O/c1-22(2,3)29-19-18(15-24-29)20(30)26-21(25-19)23-9-10-27-11-13-28(14-12-27)16-17-7-5-4-6-8-17/h4-8,15H,9-14,16H2,1-3H3,(H2,23,25,26,30). The van der Waals surface area contributed by atoms with E-state index in [1.54, 1.807) is 10.9 Å². The Balaban J connectivity index is 1.30. The third kappa shape index (κ3) is 4.71. The summed E-state index contributed by atoms with van der Waals surface area (Å²) in [6.45, 7) is 13.0. The number of anilines is 1. The smallest absolute Gasteiger partial charge is 0.263 e. The fourth-order valence-electron chi connectivity index (χ4n) is 3.84. The van der Waals surface area contributed by atoms with E-state index in [4.69, 9.17) is 0 Å². The van der Waals surface area contributed by atoms with Crippen molar-refractivity contribution in [1.29, 1.82) is 0 Å². The lowest BCUT2D eigenvalue weighted by atomic mass is 10.1. The van der Waals surface area contributed by atoms with Crippen LogP contribution in [0, 0.1) is 0 Å². The molecule has 1 aromatic carbocycles. The normalized spacial score (nSPS) is 16.2. The van der Waals surface area contributed by atoms with Crippen LogP contribution in [0.15, 0.2) is 41.3 Å². The average molecular weight is 410 g/mol. The second-order valence-corrected chi connectivity index (χ2v) is 8.91. The van der Waals surface area contributed by atoms with Crippen LogP contribution in [0.2, 0.25) is 0 Å². The summed E-state index contributed by atoms with van der Waals surface area (Å²) in [5.74, 6) is 0.501. The molecule has 8 nitrogen and oxygen atoms in total. The fraction of sp³-hybridized carbons (Fsp3) is 0.500. The van der Waals surface area contributed by atoms with Gasteiger partial charge >= 0.3 is 0 Å². The molecule has 1 aliphatic rings. The number of aromatic amines is 1. The van der Waals surface area contributed by atoms with Gasteiger partial charge in [-0.05, 0) is 26.3 Å². The van der Waals surface area contributed by atoms with Gasteiger partial charge in [-0.2, -0.15) is 10.1 Å². The van der Waals surface area contributed by atoms with E-state index in [2.05, 4.69) is 60.5 Å². The Morgan fingerprint density at radius 1 is 1.07 bits per heavy atom. The first-order chi connectivity index (χ1) is 14.4. The molecule has 8 heteroatoms. The first kappa shape index (κ1) is 20.6. The van der Waals surface area contributed by atoms with E-state index in [9.17, 15) is 4.79 Å². The lowest BCUT2D eigenvalue weighted by molar-refractivity contribution is 0.130. The maximum absolute atomic E-state index is 12.4. The number of hydrogen-bond donors (Lipinski definition) is 2. The van der Waals surface area contributed by atoms with E-state index in [0.29, 0.717) is 17.0 Å². The van der Waals surface area contributed by atoms with E-state index < -0.39 is 0 Å². The maximum Gasteiger partial charge on any atom is 0.263 e. The largest absolute Gasteiger partial charge is 0.354 e. The van der Waals surface area contributed by atoms with Crippen LogP contribution in [-0.2, 0) is 12.1 Å². The van der Waals surface area contributed by atoms with Gasteiger partial charge in [-0.15, -0.1) is 0 Å². The lowest BCUT2D eigenvalue weighted by Gasteiger charge is -2.34. The molecule has 2 N–H and O–H groups in total. The molecular formula is C22H31N7O. The minimum atomic E-state index is -0.237. The second-order valence-electron chi connectivity index (χ2n) is 8.91. The number of H-pyrrole nitrogens is 1. The molecule has 160 valence electrons. The van der Waals surface area contributed by atoms with Crippen molar-refractivity contribution in [2.24, 2.45) is 0 Å². The molecule has 3 heterocycles. The van der Waals surface area contributed by atoms with Crippen molar-refractivity contribution in [2.45, 2.75) is 32.9 Å². The summed E-state index contributed by atoms with van der Waals surface area (Å²) in [5.41, 5.74) is 1.59. The Morgan fingerprint density at radius 3 is 2.47 bits per heavy atom. The predicted molar refractivity (Wildman–Crippen MR) is 120 cm³/mol. The van der Waals surface area contributed by atoms with Gasteiger partial charge in [-0.25, -0.2) is 4.68 Å². The summed E-state index contributed by atoms with van der Waals surface area (Å²) in [5, 5.41) is 8.15. The number of piperazine rings is 1. The fourth-order valence-corrected chi connectivity index (χ4v) is 3.84. The Labute approximate surface area is 176 Å². The lowest BCUT2D eigenvalue weighted by Crippen LogP contribution is -2.47. The quantitative estimate of drug-likeness (QED) is 0.649. The highest BCUT2D eigenvalue weighted by Gasteiger charge is 2.20. The van der Waals surface area contributed by atoms with E-state index in [0.717, 1.165) is 45.8 Å². The highest BCUT2D eigenvalue weighted by molar-refractivity contribution is 5.74. The van der Waals surface area contributed by atoms with Gasteiger partial charge in [0.15, 0.2) is 5.65 Å². The average Bonchev–Trinajstić information content (AvgIpc) is 3.15. The molecule has 0 amide bonds. The van der Waals surface area contributed by atoms with Crippen LogP contribution in [0.4, 0.5) is 5.95 Å². The molecule has 0 aliphatic carbocycles. The number of nitrogens with zero attached hydrogens (tertiary/aromatic N) is 5. The third-order valence-electron chi connectivity index (χ3n) is 5.51. The third-order valence-corrected chi connectivity index (χ3v) is 5.51. The van der Waals surface area contributed by atoms with E-state index in [-0.39, 0.29) is 11.1 Å². The summed E-state index contributed by atoms with van der Waals surface area (Å²) >= 11 is 0. The van der Waals surface area contributed by atoms with Gasteiger partial charge in [0.25, 0.3) is 5.56 Å². The molecule has 2 aromatic heterocycles. The summed E-state index contributed by atoms with van der Waals surface area (Å²) in [6.07, 6.45) is 1.59. The molecule has 30 heavy (non-hydrogen) atoms. The van der Waals surface area contributed by atoms with Crippen molar-refractivity contribution >= 4 is 17.0 Å². The molecule has 0 spiro atoms. The summed E-state index contributed by atoms with van der Waals surface area (Å²) < 4.78 is 1.80. The van der Waals surface area contributed by atoms with Crippen molar-refractivity contribution in [2.75, 3.05) is 44.6 Å². The summed E-state index contributed by atoms with van der Waals surface area (Å²) in [7, 11) is 0. The van der Waals surface area contributed by atoms with Gasteiger partial charge in [0, 0.05) is 45.8 Å². The molecule has 1 aliphatic heterocycles. The zero-order valence-corrected chi connectivity index (χ0v) is 18.1. The van der Waals surface area contributed by atoms with Crippen LogP contribution in [-0.4, -0.2) is 68.8 Å². The topological polar surface area (TPSA) is 82.1 Å². The van der Waals surface area contributed by atoms with Gasteiger partial charge < -0.3 is 5.32 Å². The molecular weight excluding hydrogens is 378 g/mol. The highest BCUT2D eigenvalue weighted by Crippen LogP contribution is 2.18. The predicted octanol–water partition coefficient (Wildman–Crippen LogP) is 2.10. The Morgan fingerprint density at radius 2 is 1.77 bits per heavy atom. The van der Waals surface area contributed by atoms with Crippen LogP contribution >= 0.6 is 0 Å². The minimum absolute atomic E-state index is 0.160. The van der Waals surface area contributed by atoms with Crippen molar-refractivity contribution in [3.8, 4) is 0 Å². The first-order valence-corrected chi connectivity index (χ1v) is 10.6. The zero-order valence-electron chi connectivity index (χ0n) is 18.1. The van der Waals surface area contributed by atoms with Crippen molar-refractivity contribution in [3.05, 3.63) is 52.4 Å². The number of fused-ring (bicyclic) bond motifs is 1. The molecule has 1 fully saturated rings. The summed E-state index contributed by atoms with van der Waals surface area (Å²) in [6, 6.07) is 10.6. The number of benzene rings is 1. The van der Waals surface area contributed by atoms with E-state index in [1.165, 1.54) is 5.56 Å². The molecule has 1 saturated heterocycles. The Bertz CT molecular complexity index is 1030. The Kier molecular flexibility index (Phi) is 5.87. The number of hydrogen-bond acceptors (Lipinski definition) is 6. The number of rotatable bonds is 6. The SMILES string of the molecule is CC(C)(C)n1ncc2c(=O)[nH]c(NCCN3CCN(Cc4ccccc4)CC3)nc21. The van der Waals surface area contributed by atoms with Gasteiger partial charge in [-0.1, -0.05) is 30.3 Å². The van der Waals surface area contributed by atoms with Crippen molar-refractivity contribution in [1.82, 2.24) is 29.5 Å². The van der Waals surface area contributed by atoms with Crippen LogP contribution in [0.1, 0.15) is 26.3 Å². The zero-order chi connectivity index (χ0) is 21.1. The van der Waals surface area contributed by atoms with Crippen LogP contribution in [0.25, 0.3) is 11.0 Å². The van der Waals surface area contributed by atoms with Crippen LogP contribution in [0.5, 0.6) is 0 Å². The van der Waals surface area contributed by atoms with E-state index >= 15 is 0 Å². The highest BCUT2D eigenvalue weighted by atomic mass is 16.1. The minimum Gasteiger partial charge on any atom is -0.354 e. The van der Waals surface area contributed by atoms with Crippen molar-refractivity contribution < 1.29 is 0 Å². The van der Waals surface area contributed by atoms with Crippen molar-refractivity contribution in [3.63, 3.8) is 0 Å². The first-order valence-electron chi connectivity index (χ1n) is 10.6. The molecule has 0 radical (unpaired) electrons. The van der Waals surface area contributed by atoms with Gasteiger partial charge in [0.05, 0.1) is 11.7 Å². The second kappa shape index (κ2) is 8.57. The van der Waals surface area contributed by atoms with Crippen LogP contribution < -0.4 is 10.9 Å². The monoisotopic (exact) mass is 409 g/mol. The van der Waals surface area contributed by atoms with Gasteiger partial charge in [0.1, 0.15) is 5.39 Å². The number of nitrogens with one attached hydrogen (secondary N) is 2. The molecule has 0 unspecified atom stereocenters. The molecule has 0 atom stereocenters. The van der Waals surface area contributed by atoms with E-state index in [1.807, 2.05) is 20.8 Å².